The summed E-state index contributed by atoms with van der Waals surface area (Å²) in [5.74, 6) is -0.928. The van der Waals surface area contributed by atoms with Gasteiger partial charge in [0.25, 0.3) is 5.91 Å². The quantitative estimate of drug-likeness (QED) is 0.502. The first-order valence-corrected chi connectivity index (χ1v) is 10.9. The Balaban J connectivity index is 0.000000429. The first-order chi connectivity index (χ1) is 16.5. The van der Waals surface area contributed by atoms with Gasteiger partial charge in [0.05, 0.1) is 6.54 Å². The van der Waals surface area contributed by atoms with E-state index in [0.717, 1.165) is 54.4 Å². The maximum atomic E-state index is 12.4. The zero-order chi connectivity index (χ0) is 25.6. The van der Waals surface area contributed by atoms with Gasteiger partial charge in [-0.25, -0.2) is 14.5 Å². The van der Waals surface area contributed by atoms with Crippen LogP contribution >= 0.6 is 0 Å². The van der Waals surface area contributed by atoms with Crippen LogP contribution in [-0.4, -0.2) is 44.0 Å². The van der Waals surface area contributed by atoms with Crippen molar-refractivity contribution >= 4 is 17.6 Å². The van der Waals surface area contributed by atoms with Crippen LogP contribution < -0.4 is 10.6 Å². The van der Waals surface area contributed by atoms with E-state index >= 15 is 0 Å². The summed E-state index contributed by atoms with van der Waals surface area (Å²) in [7, 11) is 0. The Bertz CT molecular complexity index is 1180. The summed E-state index contributed by atoms with van der Waals surface area (Å²) in [6.07, 6.45) is -3.08. The van der Waals surface area contributed by atoms with Crippen molar-refractivity contribution in [2.24, 2.45) is 0 Å². The number of halogens is 3. The van der Waals surface area contributed by atoms with Crippen LogP contribution in [0.5, 0.6) is 0 Å². The first-order valence-electron chi connectivity index (χ1n) is 10.9. The van der Waals surface area contributed by atoms with Gasteiger partial charge < -0.3 is 15.7 Å². The summed E-state index contributed by atoms with van der Waals surface area (Å²) < 4.78 is 33.7. The number of aromatic nitrogens is 3. The molecule has 8 nitrogen and oxygen atoms in total. The van der Waals surface area contributed by atoms with Crippen molar-refractivity contribution in [3.05, 3.63) is 76.9 Å². The summed E-state index contributed by atoms with van der Waals surface area (Å²) in [6.45, 7) is 5.54. The molecule has 4 rings (SSSR count). The number of hydrogen-bond acceptors (Lipinski definition) is 5. The van der Waals surface area contributed by atoms with Gasteiger partial charge in [-0.1, -0.05) is 29.8 Å². The molecule has 3 N–H and O–H groups in total. The summed E-state index contributed by atoms with van der Waals surface area (Å²) in [5, 5.41) is 18.2. The van der Waals surface area contributed by atoms with Crippen molar-refractivity contribution < 1.29 is 27.9 Å². The number of aryl methyl sites for hydroxylation is 3. The van der Waals surface area contributed by atoms with Crippen LogP contribution in [0.3, 0.4) is 0 Å². The highest BCUT2D eigenvalue weighted by Gasteiger charge is 2.38. The van der Waals surface area contributed by atoms with E-state index in [-0.39, 0.29) is 5.91 Å². The van der Waals surface area contributed by atoms with Gasteiger partial charge >= 0.3 is 12.1 Å². The minimum atomic E-state index is -5.08. The third-order valence-electron chi connectivity index (χ3n) is 5.30. The Morgan fingerprint density at radius 1 is 1.14 bits per heavy atom. The van der Waals surface area contributed by atoms with E-state index in [1.165, 1.54) is 0 Å². The van der Waals surface area contributed by atoms with E-state index in [2.05, 4.69) is 26.8 Å². The second-order valence-corrected chi connectivity index (χ2v) is 8.20. The zero-order valence-corrected chi connectivity index (χ0v) is 19.3. The minimum absolute atomic E-state index is 0.0912. The molecule has 186 valence electrons. The minimum Gasteiger partial charge on any atom is -0.475 e. The standard InChI is InChI=1S/C22H25N5O.C2HF3O2/c1-15-6-8-18(9-7-15)22(28)25-19-5-3-4-17(12-19)13-23-20-10-11-21-24-16(2)26-27(21)14-20;3-2(4,5)1(6)7/h3-9,12,20,23H,10-11,13-14H2,1-2H3,(H,25,28);(H,6,7). The van der Waals surface area contributed by atoms with E-state index in [1.54, 1.807) is 0 Å². The lowest BCUT2D eigenvalue weighted by Gasteiger charge is -2.23. The lowest BCUT2D eigenvalue weighted by atomic mass is 10.1. The molecule has 1 amide bonds. The number of rotatable bonds is 5. The van der Waals surface area contributed by atoms with Gasteiger partial charge in [0.15, 0.2) is 0 Å². The topological polar surface area (TPSA) is 109 Å². The van der Waals surface area contributed by atoms with Crippen molar-refractivity contribution in [2.75, 3.05) is 5.32 Å². The highest BCUT2D eigenvalue weighted by molar-refractivity contribution is 6.04. The second kappa shape index (κ2) is 11.1. The molecule has 0 aliphatic carbocycles. The van der Waals surface area contributed by atoms with Crippen LogP contribution in [0.1, 0.15) is 39.6 Å². The molecular weight excluding hydrogens is 463 g/mol. The molecule has 0 fully saturated rings. The number of amides is 1. The number of anilines is 1. The molecule has 1 atom stereocenters. The van der Waals surface area contributed by atoms with Crippen LogP contribution in [0, 0.1) is 13.8 Å². The highest BCUT2D eigenvalue weighted by atomic mass is 19.4. The first kappa shape index (κ1) is 25.9. The Morgan fingerprint density at radius 2 is 1.83 bits per heavy atom. The molecule has 35 heavy (non-hydrogen) atoms. The molecular formula is C24H26F3N5O3. The number of carboxylic acids is 1. The average molecular weight is 489 g/mol. The molecule has 0 bridgehead atoms. The Morgan fingerprint density at radius 3 is 2.49 bits per heavy atom. The normalized spacial score (nSPS) is 14.9. The molecule has 0 radical (unpaired) electrons. The van der Waals surface area contributed by atoms with Crippen LogP contribution in [0.2, 0.25) is 0 Å². The smallest absolute Gasteiger partial charge is 0.475 e. The largest absolute Gasteiger partial charge is 0.490 e. The predicted octanol–water partition coefficient (Wildman–Crippen LogP) is 3.89. The SMILES string of the molecule is Cc1ccc(C(=O)Nc2cccc(CNC3CCc4nc(C)nn4C3)c2)cc1.O=C(O)C(F)(F)F. The van der Waals surface area contributed by atoms with Gasteiger partial charge in [-0.3, -0.25) is 4.79 Å². The number of fused-ring (bicyclic) bond motifs is 1. The average Bonchev–Trinajstić information content (AvgIpc) is 3.17. The zero-order valence-electron chi connectivity index (χ0n) is 19.3. The van der Waals surface area contributed by atoms with Crippen LogP contribution in [0.25, 0.3) is 0 Å². The van der Waals surface area contributed by atoms with E-state index < -0.39 is 12.1 Å². The van der Waals surface area contributed by atoms with Crippen LogP contribution in [-0.2, 0) is 24.3 Å². The van der Waals surface area contributed by atoms with E-state index in [0.29, 0.717) is 11.6 Å². The highest BCUT2D eigenvalue weighted by Crippen LogP contribution is 2.16. The molecule has 1 aromatic heterocycles. The maximum absolute atomic E-state index is 12.4. The third kappa shape index (κ3) is 7.64. The van der Waals surface area contributed by atoms with Crippen molar-refractivity contribution in [2.45, 2.75) is 52.0 Å². The molecule has 1 unspecified atom stereocenters. The number of aliphatic carboxylic acids is 1. The number of carboxylic acid groups (broad SMARTS) is 1. The molecule has 2 heterocycles. The number of alkyl halides is 3. The Kier molecular flexibility index (Phi) is 8.23. The van der Waals surface area contributed by atoms with Gasteiger partial charge in [0.2, 0.25) is 0 Å². The number of hydrogen-bond donors (Lipinski definition) is 3. The fourth-order valence-electron chi connectivity index (χ4n) is 3.53. The summed E-state index contributed by atoms with van der Waals surface area (Å²) in [4.78, 5) is 25.8. The molecule has 3 aromatic rings. The Labute approximate surface area is 200 Å². The lowest BCUT2D eigenvalue weighted by molar-refractivity contribution is -0.192. The van der Waals surface area contributed by atoms with Crippen molar-refractivity contribution in [3.8, 4) is 0 Å². The van der Waals surface area contributed by atoms with Crippen LogP contribution in [0.4, 0.5) is 18.9 Å². The summed E-state index contributed by atoms with van der Waals surface area (Å²) >= 11 is 0. The molecule has 1 aliphatic rings. The number of carbonyl (C=O) groups excluding carboxylic acids is 1. The van der Waals surface area contributed by atoms with E-state index in [4.69, 9.17) is 9.90 Å². The summed E-state index contributed by atoms with van der Waals surface area (Å²) in [6, 6.07) is 15.9. The van der Waals surface area contributed by atoms with E-state index in [9.17, 15) is 18.0 Å². The number of nitrogens with zero attached hydrogens (tertiary/aromatic N) is 3. The lowest BCUT2D eigenvalue weighted by Crippen LogP contribution is -2.37. The summed E-state index contributed by atoms with van der Waals surface area (Å²) in [5.41, 5.74) is 3.75. The van der Waals surface area contributed by atoms with Gasteiger partial charge in [0.1, 0.15) is 11.6 Å². The maximum Gasteiger partial charge on any atom is 0.490 e. The number of benzene rings is 2. The van der Waals surface area contributed by atoms with Crippen LogP contribution in [0.15, 0.2) is 48.5 Å². The monoisotopic (exact) mass is 489 g/mol. The van der Waals surface area contributed by atoms with Gasteiger partial charge in [-0.15, -0.1) is 0 Å². The van der Waals surface area contributed by atoms with Crippen molar-refractivity contribution in [1.82, 2.24) is 20.1 Å². The fraction of sp³-hybridized carbons (Fsp3) is 0.333. The molecule has 1 aliphatic heterocycles. The molecule has 11 heteroatoms. The molecule has 0 spiro atoms. The van der Waals surface area contributed by atoms with E-state index in [1.807, 2.05) is 61.0 Å². The van der Waals surface area contributed by atoms with Gasteiger partial charge in [0, 0.05) is 30.3 Å². The Hall–Kier alpha value is -3.73. The molecule has 0 saturated carbocycles. The predicted molar refractivity (Wildman–Crippen MR) is 123 cm³/mol. The molecule has 0 saturated heterocycles. The number of nitrogens with one attached hydrogen (secondary N) is 2. The molecule has 2 aromatic carbocycles. The fourth-order valence-corrected chi connectivity index (χ4v) is 3.53. The van der Waals surface area contributed by atoms with Crippen molar-refractivity contribution in [1.29, 1.82) is 0 Å². The third-order valence-corrected chi connectivity index (χ3v) is 5.30. The second-order valence-electron chi connectivity index (χ2n) is 8.20. The van der Waals surface area contributed by atoms with Gasteiger partial charge in [-0.05, 0) is 50.1 Å². The van der Waals surface area contributed by atoms with Crippen molar-refractivity contribution in [3.63, 3.8) is 0 Å². The van der Waals surface area contributed by atoms with Gasteiger partial charge in [-0.2, -0.15) is 18.3 Å². The number of carbonyl (C=O) groups is 2.